The molecule has 1 aromatic carbocycles. The molecule has 0 amide bonds. The summed E-state index contributed by atoms with van der Waals surface area (Å²) in [5.74, 6) is -1.02. The number of rotatable bonds is 5. The number of hydrogen-bond donors (Lipinski definition) is 2. The number of aromatic carboxylic acids is 1. The van der Waals surface area contributed by atoms with Crippen LogP contribution in [-0.2, 0) is 12.8 Å². The predicted octanol–water partition coefficient (Wildman–Crippen LogP) is 2.97. The fraction of sp³-hybridized carbons (Fsp3) is 0.286. The van der Waals surface area contributed by atoms with Crippen LogP contribution in [0.4, 0.5) is 5.13 Å². The molecule has 0 fully saturated rings. The molecular formula is C14H16N2O2S. The number of nitrogens with zero attached hydrogens (tertiary/aromatic N) is 1. The van der Waals surface area contributed by atoms with Crippen molar-refractivity contribution in [2.24, 2.45) is 0 Å². The quantitative estimate of drug-likeness (QED) is 0.880. The molecule has 0 aliphatic carbocycles. The first-order valence-corrected chi connectivity index (χ1v) is 6.98. The molecule has 19 heavy (non-hydrogen) atoms. The third-order valence-electron chi connectivity index (χ3n) is 2.84. The zero-order valence-corrected chi connectivity index (χ0v) is 11.5. The van der Waals surface area contributed by atoms with Crippen molar-refractivity contribution in [3.8, 4) is 0 Å². The van der Waals surface area contributed by atoms with E-state index in [9.17, 15) is 4.79 Å². The number of aromatic nitrogens is 1. The molecule has 0 saturated carbocycles. The molecule has 0 bridgehead atoms. The van der Waals surface area contributed by atoms with Gasteiger partial charge >= 0.3 is 5.97 Å². The van der Waals surface area contributed by atoms with E-state index in [0.717, 1.165) is 18.4 Å². The lowest BCUT2D eigenvalue weighted by atomic mass is 10.1. The average molecular weight is 276 g/mol. The Hall–Kier alpha value is -1.88. The van der Waals surface area contributed by atoms with Crippen molar-refractivity contribution in [3.05, 3.63) is 46.0 Å². The summed E-state index contributed by atoms with van der Waals surface area (Å²) in [5, 5.41) is 9.36. The van der Waals surface area contributed by atoms with Crippen LogP contribution in [0.5, 0.6) is 0 Å². The summed E-state index contributed by atoms with van der Waals surface area (Å²) in [4.78, 5) is 15.6. The molecule has 0 aliphatic heterocycles. The van der Waals surface area contributed by atoms with E-state index in [1.807, 2.05) is 12.1 Å². The van der Waals surface area contributed by atoms with Crippen LogP contribution < -0.4 is 5.73 Å². The highest BCUT2D eigenvalue weighted by atomic mass is 32.1. The highest BCUT2D eigenvalue weighted by Crippen LogP contribution is 2.24. The van der Waals surface area contributed by atoms with Crippen LogP contribution in [0.1, 0.15) is 39.8 Å². The Balaban J connectivity index is 2.18. The van der Waals surface area contributed by atoms with Gasteiger partial charge < -0.3 is 10.8 Å². The number of nitrogens with two attached hydrogens (primary N) is 1. The van der Waals surface area contributed by atoms with Crippen LogP contribution in [0.3, 0.4) is 0 Å². The standard InChI is InChI=1S/C14H16N2O2S/c1-2-3-9-4-6-10(7-5-9)8-11-12(13(17)18)16-14(15)19-11/h4-7H,2-3,8H2,1H3,(H2,15,16)(H,17,18). The van der Waals surface area contributed by atoms with Gasteiger partial charge in [0.1, 0.15) is 0 Å². The van der Waals surface area contributed by atoms with E-state index in [4.69, 9.17) is 10.8 Å². The van der Waals surface area contributed by atoms with Crippen molar-refractivity contribution in [1.82, 2.24) is 4.98 Å². The molecule has 2 rings (SSSR count). The van der Waals surface area contributed by atoms with Crippen LogP contribution in [0.15, 0.2) is 24.3 Å². The molecule has 1 aromatic heterocycles. The summed E-state index contributed by atoms with van der Waals surface area (Å²) >= 11 is 1.24. The second-order valence-electron chi connectivity index (χ2n) is 4.37. The first-order valence-electron chi connectivity index (χ1n) is 6.16. The van der Waals surface area contributed by atoms with Crippen LogP contribution in [0.2, 0.25) is 0 Å². The first-order chi connectivity index (χ1) is 9.10. The van der Waals surface area contributed by atoms with Gasteiger partial charge in [-0.15, -0.1) is 11.3 Å². The Bertz CT molecular complexity index is 576. The summed E-state index contributed by atoms with van der Waals surface area (Å²) in [6.45, 7) is 2.15. The van der Waals surface area contributed by atoms with Crippen molar-refractivity contribution in [2.75, 3.05) is 5.73 Å². The van der Waals surface area contributed by atoms with E-state index in [1.54, 1.807) is 0 Å². The molecule has 1 heterocycles. The lowest BCUT2D eigenvalue weighted by Crippen LogP contribution is -2.01. The van der Waals surface area contributed by atoms with E-state index in [-0.39, 0.29) is 5.69 Å². The lowest BCUT2D eigenvalue weighted by molar-refractivity contribution is 0.0690. The van der Waals surface area contributed by atoms with Gasteiger partial charge in [-0.3, -0.25) is 0 Å². The number of carboxylic acids is 1. The van der Waals surface area contributed by atoms with Gasteiger partial charge in [0.15, 0.2) is 10.8 Å². The van der Waals surface area contributed by atoms with Gasteiger partial charge in [0, 0.05) is 11.3 Å². The van der Waals surface area contributed by atoms with Crippen LogP contribution in [0, 0.1) is 0 Å². The Kier molecular flexibility index (Phi) is 4.16. The smallest absolute Gasteiger partial charge is 0.355 e. The molecule has 0 spiro atoms. The summed E-state index contributed by atoms with van der Waals surface area (Å²) in [6.07, 6.45) is 2.74. The highest BCUT2D eigenvalue weighted by molar-refractivity contribution is 7.15. The van der Waals surface area contributed by atoms with Gasteiger partial charge in [-0.1, -0.05) is 37.6 Å². The number of benzene rings is 1. The number of anilines is 1. The number of carboxylic acid groups (broad SMARTS) is 1. The van der Waals surface area contributed by atoms with Crippen molar-refractivity contribution in [1.29, 1.82) is 0 Å². The number of nitrogen functional groups attached to an aromatic ring is 1. The molecule has 0 unspecified atom stereocenters. The van der Waals surface area contributed by atoms with Crippen molar-refractivity contribution in [2.45, 2.75) is 26.2 Å². The van der Waals surface area contributed by atoms with Crippen LogP contribution >= 0.6 is 11.3 Å². The summed E-state index contributed by atoms with van der Waals surface area (Å²) < 4.78 is 0. The molecule has 4 nitrogen and oxygen atoms in total. The predicted molar refractivity (Wildman–Crippen MR) is 76.7 cm³/mol. The second-order valence-corrected chi connectivity index (χ2v) is 5.49. The van der Waals surface area contributed by atoms with Crippen molar-refractivity contribution >= 4 is 22.4 Å². The van der Waals surface area contributed by atoms with E-state index in [1.165, 1.54) is 16.9 Å². The molecule has 5 heteroatoms. The fourth-order valence-electron chi connectivity index (χ4n) is 1.95. The third-order valence-corrected chi connectivity index (χ3v) is 3.73. The Morgan fingerprint density at radius 1 is 1.32 bits per heavy atom. The zero-order chi connectivity index (χ0) is 13.8. The molecule has 0 radical (unpaired) electrons. The number of hydrogen-bond acceptors (Lipinski definition) is 4. The monoisotopic (exact) mass is 276 g/mol. The van der Waals surface area contributed by atoms with E-state index >= 15 is 0 Å². The van der Waals surface area contributed by atoms with E-state index in [2.05, 4.69) is 24.0 Å². The van der Waals surface area contributed by atoms with Crippen molar-refractivity contribution < 1.29 is 9.90 Å². The number of thiazole rings is 1. The van der Waals surface area contributed by atoms with E-state index < -0.39 is 5.97 Å². The van der Waals surface area contributed by atoms with Crippen molar-refractivity contribution in [3.63, 3.8) is 0 Å². The summed E-state index contributed by atoms with van der Waals surface area (Å²) in [7, 11) is 0. The minimum absolute atomic E-state index is 0.0696. The number of carbonyl (C=O) groups is 1. The second kappa shape index (κ2) is 5.84. The highest BCUT2D eigenvalue weighted by Gasteiger charge is 2.16. The number of aryl methyl sites for hydroxylation is 1. The van der Waals surface area contributed by atoms with Crippen LogP contribution in [-0.4, -0.2) is 16.1 Å². The maximum absolute atomic E-state index is 11.1. The van der Waals surface area contributed by atoms with Gasteiger partial charge in [-0.2, -0.15) is 0 Å². The Morgan fingerprint density at radius 3 is 2.53 bits per heavy atom. The summed E-state index contributed by atoms with van der Waals surface area (Å²) in [5.41, 5.74) is 8.02. The van der Waals surface area contributed by atoms with Gasteiger partial charge in [0.25, 0.3) is 0 Å². The minimum Gasteiger partial charge on any atom is -0.476 e. The minimum atomic E-state index is -1.02. The largest absolute Gasteiger partial charge is 0.476 e. The third kappa shape index (κ3) is 3.32. The zero-order valence-electron chi connectivity index (χ0n) is 10.7. The molecule has 0 aliphatic rings. The Morgan fingerprint density at radius 2 is 1.95 bits per heavy atom. The first kappa shape index (κ1) is 13.5. The normalized spacial score (nSPS) is 10.6. The fourth-order valence-corrected chi connectivity index (χ4v) is 2.81. The average Bonchev–Trinajstić information content (AvgIpc) is 2.73. The van der Waals surface area contributed by atoms with E-state index in [0.29, 0.717) is 16.4 Å². The maximum atomic E-state index is 11.1. The molecule has 0 atom stereocenters. The van der Waals surface area contributed by atoms with Gasteiger partial charge in [-0.05, 0) is 17.5 Å². The molecular weight excluding hydrogens is 260 g/mol. The molecule has 3 N–H and O–H groups in total. The molecule has 0 saturated heterocycles. The maximum Gasteiger partial charge on any atom is 0.355 e. The van der Waals surface area contributed by atoms with Gasteiger partial charge in [-0.25, -0.2) is 9.78 Å². The molecule has 100 valence electrons. The lowest BCUT2D eigenvalue weighted by Gasteiger charge is -2.02. The molecule has 2 aromatic rings. The van der Waals surface area contributed by atoms with Gasteiger partial charge in [0.2, 0.25) is 0 Å². The SMILES string of the molecule is CCCc1ccc(Cc2sc(N)nc2C(=O)O)cc1. The summed E-state index contributed by atoms with van der Waals surface area (Å²) in [6, 6.07) is 8.24. The Labute approximate surface area is 115 Å². The van der Waals surface area contributed by atoms with Gasteiger partial charge in [0.05, 0.1) is 0 Å². The topological polar surface area (TPSA) is 76.2 Å². The van der Waals surface area contributed by atoms with Crippen LogP contribution in [0.25, 0.3) is 0 Å².